The SMILES string of the molecule is N=C(Nc1nc2cccc(C3CCC4(CC3)CCN(C(=O)[C@@H]3CC3(F)F)CC4)n2n1)C1CC1. The van der Waals surface area contributed by atoms with Gasteiger partial charge in [-0.15, -0.1) is 5.10 Å². The molecule has 0 bridgehead atoms. The molecule has 1 aliphatic heterocycles. The van der Waals surface area contributed by atoms with Gasteiger partial charge in [0.2, 0.25) is 11.9 Å². The van der Waals surface area contributed by atoms with Gasteiger partial charge in [0.15, 0.2) is 5.65 Å². The van der Waals surface area contributed by atoms with Crippen LogP contribution in [0.2, 0.25) is 0 Å². The van der Waals surface area contributed by atoms with Crippen molar-refractivity contribution >= 4 is 23.3 Å². The number of anilines is 1. The zero-order valence-corrected chi connectivity index (χ0v) is 18.7. The van der Waals surface area contributed by atoms with Gasteiger partial charge in [-0.25, -0.2) is 13.3 Å². The molecule has 4 aliphatic rings. The highest BCUT2D eigenvalue weighted by atomic mass is 19.3. The summed E-state index contributed by atoms with van der Waals surface area (Å²) in [4.78, 5) is 18.6. The van der Waals surface area contributed by atoms with Crippen molar-refractivity contribution in [3.8, 4) is 0 Å². The third-order valence-electron chi connectivity index (χ3n) is 8.35. The summed E-state index contributed by atoms with van der Waals surface area (Å²) in [5, 5.41) is 15.8. The summed E-state index contributed by atoms with van der Waals surface area (Å²) in [5.74, 6) is -2.49. The maximum absolute atomic E-state index is 13.3. The average Bonchev–Trinajstić information content (AvgIpc) is 3.71. The number of nitrogens with one attached hydrogen (secondary N) is 2. The van der Waals surface area contributed by atoms with Crippen LogP contribution >= 0.6 is 0 Å². The third kappa shape index (κ3) is 3.89. The topological polar surface area (TPSA) is 86.4 Å². The molecule has 1 saturated heterocycles. The molecule has 9 heteroatoms. The lowest BCUT2D eigenvalue weighted by molar-refractivity contribution is -0.137. The van der Waals surface area contributed by atoms with E-state index in [1.54, 1.807) is 4.90 Å². The Hall–Kier alpha value is -2.58. The van der Waals surface area contributed by atoms with Crippen molar-refractivity contribution in [1.29, 1.82) is 5.41 Å². The first-order valence-electron chi connectivity index (χ1n) is 12.2. The van der Waals surface area contributed by atoms with E-state index >= 15 is 0 Å². The van der Waals surface area contributed by atoms with Crippen LogP contribution in [-0.4, -0.2) is 50.3 Å². The molecule has 2 aromatic heterocycles. The molecule has 0 unspecified atom stereocenters. The van der Waals surface area contributed by atoms with Crippen molar-refractivity contribution in [3.63, 3.8) is 0 Å². The van der Waals surface area contributed by atoms with Crippen molar-refractivity contribution in [3.05, 3.63) is 23.9 Å². The highest BCUT2D eigenvalue weighted by Gasteiger charge is 2.62. The molecule has 3 heterocycles. The second-order valence-corrected chi connectivity index (χ2v) is 10.6. The molecule has 33 heavy (non-hydrogen) atoms. The summed E-state index contributed by atoms with van der Waals surface area (Å²) in [5.41, 5.74) is 2.17. The van der Waals surface area contributed by atoms with Gasteiger partial charge in [0.25, 0.3) is 5.92 Å². The number of pyridine rings is 1. The summed E-state index contributed by atoms with van der Waals surface area (Å²) in [7, 11) is 0. The minimum atomic E-state index is -2.78. The van der Waals surface area contributed by atoms with Gasteiger partial charge in [0, 0.05) is 37.0 Å². The molecule has 4 fully saturated rings. The number of likely N-dealkylation sites (tertiary alicyclic amines) is 1. The fourth-order valence-corrected chi connectivity index (χ4v) is 5.81. The molecule has 1 spiro atoms. The lowest BCUT2D eigenvalue weighted by atomic mass is 9.65. The molecule has 0 aromatic carbocycles. The van der Waals surface area contributed by atoms with Gasteiger partial charge in [-0.3, -0.25) is 10.2 Å². The quantitative estimate of drug-likeness (QED) is 0.526. The Morgan fingerprint density at radius 3 is 2.42 bits per heavy atom. The van der Waals surface area contributed by atoms with Crippen molar-refractivity contribution in [2.45, 2.75) is 69.6 Å². The van der Waals surface area contributed by atoms with E-state index in [2.05, 4.69) is 21.5 Å². The van der Waals surface area contributed by atoms with Crippen LogP contribution in [0.4, 0.5) is 14.7 Å². The largest absolute Gasteiger partial charge is 0.342 e. The second kappa shape index (κ2) is 7.46. The molecule has 1 amide bonds. The molecule has 0 radical (unpaired) electrons. The normalized spacial score (nSPS) is 26.5. The Labute approximate surface area is 191 Å². The van der Waals surface area contributed by atoms with Gasteiger partial charge >= 0.3 is 0 Å². The minimum absolute atomic E-state index is 0.224. The summed E-state index contributed by atoms with van der Waals surface area (Å²) in [6.07, 6.45) is 7.94. The predicted molar refractivity (Wildman–Crippen MR) is 120 cm³/mol. The molecular formula is C24H30F2N6O. The maximum Gasteiger partial charge on any atom is 0.260 e. The predicted octanol–water partition coefficient (Wildman–Crippen LogP) is 4.45. The third-order valence-corrected chi connectivity index (χ3v) is 8.35. The van der Waals surface area contributed by atoms with Crippen LogP contribution in [0.3, 0.4) is 0 Å². The lowest BCUT2D eigenvalue weighted by Gasteiger charge is -2.46. The number of hydrogen-bond acceptors (Lipinski definition) is 4. The van der Waals surface area contributed by atoms with Gasteiger partial charge in [-0.05, 0) is 68.9 Å². The first kappa shape index (κ1) is 21.0. The molecule has 3 saturated carbocycles. The molecule has 1 atom stereocenters. The van der Waals surface area contributed by atoms with Gasteiger partial charge in [-0.2, -0.15) is 4.98 Å². The number of carbonyl (C=O) groups is 1. The Morgan fingerprint density at radius 2 is 1.79 bits per heavy atom. The summed E-state index contributed by atoms with van der Waals surface area (Å²) in [6, 6.07) is 6.09. The number of carbonyl (C=O) groups excluding carboxylic acids is 1. The van der Waals surface area contributed by atoms with Gasteiger partial charge < -0.3 is 10.2 Å². The summed E-state index contributed by atoms with van der Waals surface area (Å²) < 4.78 is 28.5. The Kier molecular flexibility index (Phi) is 4.75. The van der Waals surface area contributed by atoms with E-state index in [1.165, 1.54) is 0 Å². The van der Waals surface area contributed by atoms with Crippen LogP contribution in [0.15, 0.2) is 18.2 Å². The number of rotatable bonds is 4. The molecule has 2 N–H and O–H groups in total. The molecule has 2 aromatic rings. The van der Waals surface area contributed by atoms with Crippen LogP contribution < -0.4 is 5.32 Å². The summed E-state index contributed by atoms with van der Waals surface area (Å²) >= 11 is 0. The van der Waals surface area contributed by atoms with Crippen LogP contribution in [0.25, 0.3) is 5.65 Å². The Bertz CT molecular complexity index is 1090. The van der Waals surface area contributed by atoms with E-state index in [0.29, 0.717) is 36.7 Å². The smallest absolute Gasteiger partial charge is 0.260 e. The molecule has 6 rings (SSSR count). The first-order chi connectivity index (χ1) is 15.8. The zero-order chi connectivity index (χ0) is 22.8. The molecule has 7 nitrogen and oxygen atoms in total. The number of hydrogen-bond donors (Lipinski definition) is 2. The Balaban J connectivity index is 1.09. The number of halogens is 2. The van der Waals surface area contributed by atoms with Crippen LogP contribution in [0, 0.1) is 22.7 Å². The fraction of sp³-hybridized carbons (Fsp3) is 0.667. The zero-order valence-electron chi connectivity index (χ0n) is 18.7. The van der Waals surface area contributed by atoms with Gasteiger partial charge in [-0.1, -0.05) is 6.07 Å². The standard InChI is InChI=1S/C24H30F2N6O/c25-24(26)14-17(24)21(33)31-12-10-23(11-13-31)8-6-15(7-9-23)18-2-1-3-19-28-22(30-32(18)19)29-20(27)16-4-5-16/h1-3,15-17H,4-14H2,(H2,27,29,30)/t17-/m0/s1. The number of aromatic nitrogens is 3. The van der Waals surface area contributed by atoms with Crippen molar-refractivity contribution < 1.29 is 13.6 Å². The lowest BCUT2D eigenvalue weighted by Crippen LogP contribution is -2.45. The van der Waals surface area contributed by atoms with Crippen LogP contribution in [0.1, 0.15) is 69.4 Å². The average molecular weight is 457 g/mol. The van der Waals surface area contributed by atoms with E-state index in [-0.39, 0.29) is 17.7 Å². The van der Waals surface area contributed by atoms with E-state index in [1.807, 2.05) is 16.6 Å². The molecule has 176 valence electrons. The number of amides is 1. The maximum atomic E-state index is 13.3. The Morgan fingerprint density at radius 1 is 1.09 bits per heavy atom. The van der Waals surface area contributed by atoms with Crippen molar-refractivity contribution in [2.24, 2.45) is 17.3 Å². The number of amidine groups is 1. The highest BCUT2D eigenvalue weighted by Crippen LogP contribution is 2.52. The summed E-state index contributed by atoms with van der Waals surface area (Å²) in [6.45, 7) is 1.22. The van der Waals surface area contributed by atoms with Crippen molar-refractivity contribution in [1.82, 2.24) is 19.5 Å². The van der Waals surface area contributed by atoms with Gasteiger partial charge in [0.1, 0.15) is 11.8 Å². The van der Waals surface area contributed by atoms with Crippen LogP contribution in [0.5, 0.6) is 0 Å². The number of fused-ring (bicyclic) bond motifs is 1. The molecular weight excluding hydrogens is 426 g/mol. The number of alkyl halides is 2. The highest BCUT2D eigenvalue weighted by molar-refractivity contribution is 5.95. The minimum Gasteiger partial charge on any atom is -0.342 e. The van der Waals surface area contributed by atoms with E-state index in [4.69, 9.17) is 5.41 Å². The fourth-order valence-electron chi connectivity index (χ4n) is 5.81. The first-order valence-corrected chi connectivity index (χ1v) is 12.2. The van der Waals surface area contributed by atoms with E-state index in [0.717, 1.165) is 62.7 Å². The van der Waals surface area contributed by atoms with E-state index < -0.39 is 11.8 Å². The van der Waals surface area contributed by atoms with Crippen LogP contribution in [-0.2, 0) is 4.79 Å². The number of nitrogens with zero attached hydrogens (tertiary/aromatic N) is 4. The monoisotopic (exact) mass is 456 g/mol. The van der Waals surface area contributed by atoms with E-state index in [9.17, 15) is 13.6 Å². The molecule has 3 aliphatic carbocycles. The van der Waals surface area contributed by atoms with Crippen molar-refractivity contribution in [2.75, 3.05) is 18.4 Å². The second-order valence-electron chi connectivity index (χ2n) is 10.6. The number of piperidine rings is 1. The van der Waals surface area contributed by atoms with Gasteiger partial charge in [0.05, 0.1) is 0 Å².